The minimum atomic E-state index is -0.431. The van der Waals surface area contributed by atoms with Crippen molar-refractivity contribution in [2.24, 2.45) is 0 Å². The van der Waals surface area contributed by atoms with Crippen LogP contribution in [0.5, 0.6) is 5.75 Å². The summed E-state index contributed by atoms with van der Waals surface area (Å²) in [5, 5.41) is 3.29. The SMILES string of the molecule is O=c1cc(C2CCNCC2)nc(COc2ccccc2F)[nH]1. The Kier molecular flexibility index (Phi) is 4.48. The van der Waals surface area contributed by atoms with Crippen LogP contribution in [-0.4, -0.2) is 23.1 Å². The largest absolute Gasteiger partial charge is 0.483 e. The van der Waals surface area contributed by atoms with E-state index < -0.39 is 5.82 Å². The first-order valence-electron chi connectivity index (χ1n) is 7.40. The summed E-state index contributed by atoms with van der Waals surface area (Å²) in [5.41, 5.74) is 0.591. The molecule has 1 aromatic heterocycles. The maximum absolute atomic E-state index is 13.5. The third-order valence-corrected chi connectivity index (χ3v) is 3.77. The molecule has 0 unspecified atom stereocenters. The molecule has 3 rings (SSSR count). The Morgan fingerprint density at radius 3 is 2.82 bits per heavy atom. The van der Waals surface area contributed by atoms with Crippen molar-refractivity contribution in [3.05, 3.63) is 58.0 Å². The summed E-state index contributed by atoms with van der Waals surface area (Å²) >= 11 is 0. The van der Waals surface area contributed by atoms with Crippen molar-refractivity contribution in [1.82, 2.24) is 15.3 Å². The van der Waals surface area contributed by atoms with Crippen LogP contribution in [0.3, 0.4) is 0 Å². The maximum atomic E-state index is 13.5. The molecule has 116 valence electrons. The van der Waals surface area contributed by atoms with Crippen molar-refractivity contribution in [3.63, 3.8) is 0 Å². The molecular weight excluding hydrogens is 285 g/mol. The summed E-state index contributed by atoms with van der Waals surface area (Å²) in [6, 6.07) is 7.71. The van der Waals surface area contributed by atoms with E-state index in [1.807, 2.05) is 0 Å². The summed E-state index contributed by atoms with van der Waals surface area (Å²) in [4.78, 5) is 18.9. The zero-order chi connectivity index (χ0) is 15.4. The fourth-order valence-corrected chi connectivity index (χ4v) is 2.63. The molecule has 6 heteroatoms. The minimum absolute atomic E-state index is 0.0367. The molecule has 0 amide bonds. The molecular formula is C16H18FN3O2. The number of halogens is 1. The lowest BCUT2D eigenvalue weighted by atomic mass is 9.94. The van der Waals surface area contributed by atoms with Crippen molar-refractivity contribution >= 4 is 0 Å². The Labute approximate surface area is 127 Å². The summed E-state index contributed by atoms with van der Waals surface area (Å²) in [7, 11) is 0. The van der Waals surface area contributed by atoms with E-state index in [9.17, 15) is 9.18 Å². The molecule has 0 aliphatic carbocycles. The second-order valence-electron chi connectivity index (χ2n) is 5.36. The number of piperidine rings is 1. The monoisotopic (exact) mass is 303 g/mol. The van der Waals surface area contributed by atoms with Gasteiger partial charge in [0, 0.05) is 12.0 Å². The Bertz CT molecular complexity index is 696. The lowest BCUT2D eigenvalue weighted by Gasteiger charge is -2.22. The summed E-state index contributed by atoms with van der Waals surface area (Å²) in [6.07, 6.45) is 1.92. The molecule has 2 N–H and O–H groups in total. The Balaban J connectivity index is 1.75. The first-order chi connectivity index (χ1) is 10.7. The molecule has 0 atom stereocenters. The standard InChI is InChI=1S/C16H18FN3O2/c17-12-3-1-2-4-14(12)22-10-15-19-13(9-16(21)20-15)11-5-7-18-8-6-11/h1-4,9,11,18H,5-8,10H2,(H,19,20,21). The molecule has 1 saturated heterocycles. The molecule has 1 aliphatic rings. The molecule has 1 fully saturated rings. The number of nitrogens with zero attached hydrogens (tertiary/aromatic N) is 1. The molecule has 22 heavy (non-hydrogen) atoms. The zero-order valence-electron chi connectivity index (χ0n) is 12.1. The predicted molar refractivity (Wildman–Crippen MR) is 80.4 cm³/mol. The van der Waals surface area contributed by atoms with Gasteiger partial charge in [0.15, 0.2) is 11.6 Å². The third-order valence-electron chi connectivity index (χ3n) is 3.77. The Morgan fingerprint density at radius 1 is 1.27 bits per heavy atom. The summed E-state index contributed by atoms with van der Waals surface area (Å²) < 4.78 is 18.9. The Morgan fingerprint density at radius 2 is 2.05 bits per heavy atom. The van der Waals surface area contributed by atoms with E-state index >= 15 is 0 Å². The molecule has 0 saturated carbocycles. The molecule has 2 heterocycles. The number of rotatable bonds is 4. The molecule has 0 radical (unpaired) electrons. The maximum Gasteiger partial charge on any atom is 0.251 e. The van der Waals surface area contributed by atoms with E-state index in [0.29, 0.717) is 5.82 Å². The number of benzene rings is 1. The van der Waals surface area contributed by atoms with Crippen molar-refractivity contribution in [3.8, 4) is 5.75 Å². The molecule has 1 aromatic carbocycles. The lowest BCUT2D eigenvalue weighted by Crippen LogP contribution is -2.28. The van der Waals surface area contributed by atoms with E-state index in [-0.39, 0.29) is 23.8 Å². The van der Waals surface area contributed by atoms with Gasteiger partial charge in [-0.3, -0.25) is 4.79 Å². The second-order valence-corrected chi connectivity index (χ2v) is 5.36. The average molecular weight is 303 g/mol. The number of hydrogen-bond donors (Lipinski definition) is 2. The van der Waals surface area contributed by atoms with Gasteiger partial charge in [-0.05, 0) is 38.1 Å². The fourth-order valence-electron chi connectivity index (χ4n) is 2.63. The van der Waals surface area contributed by atoms with Crippen LogP contribution in [0.25, 0.3) is 0 Å². The van der Waals surface area contributed by atoms with Crippen LogP contribution in [0, 0.1) is 5.82 Å². The van der Waals surface area contributed by atoms with Crippen LogP contribution in [0.1, 0.15) is 30.3 Å². The third kappa shape index (κ3) is 3.51. The summed E-state index contributed by atoms with van der Waals surface area (Å²) in [6.45, 7) is 1.90. The molecule has 0 bridgehead atoms. The van der Waals surface area contributed by atoms with Crippen molar-refractivity contribution < 1.29 is 9.13 Å². The highest BCUT2D eigenvalue weighted by molar-refractivity contribution is 5.23. The fraction of sp³-hybridized carbons (Fsp3) is 0.375. The van der Waals surface area contributed by atoms with Crippen molar-refractivity contribution in [2.75, 3.05) is 13.1 Å². The quantitative estimate of drug-likeness (QED) is 0.906. The minimum Gasteiger partial charge on any atom is -0.483 e. The number of nitrogens with one attached hydrogen (secondary N) is 2. The van der Waals surface area contributed by atoms with Gasteiger partial charge < -0.3 is 15.0 Å². The lowest BCUT2D eigenvalue weighted by molar-refractivity contribution is 0.279. The number of ether oxygens (including phenoxy) is 1. The smallest absolute Gasteiger partial charge is 0.251 e. The van der Waals surface area contributed by atoms with Crippen LogP contribution < -0.4 is 15.6 Å². The topological polar surface area (TPSA) is 67.0 Å². The first kappa shape index (κ1) is 14.7. The highest BCUT2D eigenvalue weighted by Gasteiger charge is 2.17. The van der Waals surface area contributed by atoms with Crippen LogP contribution >= 0.6 is 0 Å². The van der Waals surface area contributed by atoms with E-state index in [1.54, 1.807) is 24.3 Å². The van der Waals surface area contributed by atoms with Gasteiger partial charge in [-0.25, -0.2) is 9.37 Å². The number of aromatic nitrogens is 2. The van der Waals surface area contributed by atoms with Crippen LogP contribution in [0.15, 0.2) is 35.1 Å². The molecule has 5 nitrogen and oxygen atoms in total. The second kappa shape index (κ2) is 6.70. The van der Waals surface area contributed by atoms with E-state index in [0.717, 1.165) is 31.6 Å². The number of H-pyrrole nitrogens is 1. The van der Waals surface area contributed by atoms with Crippen LogP contribution in [-0.2, 0) is 6.61 Å². The number of para-hydroxylation sites is 1. The van der Waals surface area contributed by atoms with Gasteiger partial charge in [0.2, 0.25) is 0 Å². The van der Waals surface area contributed by atoms with Crippen LogP contribution in [0.2, 0.25) is 0 Å². The Hall–Kier alpha value is -2.21. The summed E-state index contributed by atoms with van der Waals surface area (Å²) in [5.74, 6) is 0.428. The number of hydrogen-bond acceptors (Lipinski definition) is 4. The van der Waals surface area contributed by atoms with Crippen molar-refractivity contribution in [1.29, 1.82) is 0 Å². The highest BCUT2D eigenvalue weighted by atomic mass is 19.1. The van der Waals surface area contributed by atoms with Gasteiger partial charge in [0.05, 0.1) is 5.69 Å². The molecule has 1 aliphatic heterocycles. The predicted octanol–water partition coefficient (Wildman–Crippen LogP) is 1.96. The normalized spacial score (nSPS) is 15.7. The van der Waals surface area contributed by atoms with Crippen LogP contribution in [0.4, 0.5) is 4.39 Å². The molecule has 2 aromatic rings. The van der Waals surface area contributed by atoms with Gasteiger partial charge in [-0.15, -0.1) is 0 Å². The van der Waals surface area contributed by atoms with Gasteiger partial charge in [-0.1, -0.05) is 12.1 Å². The molecule has 0 spiro atoms. The van der Waals surface area contributed by atoms with Gasteiger partial charge >= 0.3 is 0 Å². The highest BCUT2D eigenvalue weighted by Crippen LogP contribution is 2.22. The van der Waals surface area contributed by atoms with Gasteiger partial charge in [0.1, 0.15) is 12.4 Å². The van der Waals surface area contributed by atoms with Gasteiger partial charge in [-0.2, -0.15) is 0 Å². The first-order valence-corrected chi connectivity index (χ1v) is 7.40. The average Bonchev–Trinajstić information content (AvgIpc) is 2.54. The number of aromatic amines is 1. The van der Waals surface area contributed by atoms with Crippen molar-refractivity contribution in [2.45, 2.75) is 25.4 Å². The van der Waals surface area contributed by atoms with E-state index in [4.69, 9.17) is 4.74 Å². The zero-order valence-corrected chi connectivity index (χ0v) is 12.1. The van der Waals surface area contributed by atoms with E-state index in [1.165, 1.54) is 6.07 Å². The van der Waals surface area contributed by atoms with E-state index in [2.05, 4.69) is 15.3 Å². The van der Waals surface area contributed by atoms with Gasteiger partial charge in [0.25, 0.3) is 5.56 Å².